The maximum Gasteiger partial charge on any atom is 0.416 e. The molecule has 12 heteroatoms. The van der Waals surface area contributed by atoms with E-state index in [4.69, 9.17) is 4.74 Å². The minimum Gasteiger partial charge on any atom is -0.454 e. The molecule has 0 spiro atoms. The molecular formula is C22H16F4N6O2. The highest BCUT2D eigenvalue weighted by Gasteiger charge is 2.30. The van der Waals surface area contributed by atoms with Crippen LogP contribution in [0.2, 0.25) is 0 Å². The van der Waals surface area contributed by atoms with Crippen LogP contribution in [0.25, 0.3) is 11.5 Å². The summed E-state index contributed by atoms with van der Waals surface area (Å²) in [4.78, 5) is 20.4. The monoisotopic (exact) mass is 472 g/mol. The van der Waals surface area contributed by atoms with Crippen molar-refractivity contribution >= 4 is 17.4 Å². The van der Waals surface area contributed by atoms with E-state index in [1.165, 1.54) is 47.5 Å². The lowest BCUT2D eigenvalue weighted by molar-refractivity contribution is -0.137. The Morgan fingerprint density at radius 1 is 1.00 bits per heavy atom. The fraction of sp³-hybridized carbons (Fsp3) is 0.0909. The molecule has 2 aromatic heterocycles. The van der Waals surface area contributed by atoms with Crippen LogP contribution in [-0.4, -0.2) is 25.8 Å². The number of halogens is 4. The van der Waals surface area contributed by atoms with Crippen molar-refractivity contribution in [2.45, 2.75) is 6.18 Å². The second kappa shape index (κ2) is 9.17. The third-order valence-electron chi connectivity index (χ3n) is 4.54. The number of hydrogen-bond acceptors (Lipinski definition) is 5. The van der Waals surface area contributed by atoms with Gasteiger partial charge in [0.1, 0.15) is 17.8 Å². The number of urea groups is 1. The predicted octanol–water partition coefficient (Wildman–Crippen LogP) is 5.47. The van der Waals surface area contributed by atoms with Crippen molar-refractivity contribution in [2.75, 3.05) is 10.6 Å². The number of aromatic nitrogens is 4. The fourth-order valence-corrected chi connectivity index (χ4v) is 2.98. The zero-order valence-corrected chi connectivity index (χ0v) is 17.5. The van der Waals surface area contributed by atoms with Gasteiger partial charge in [-0.3, -0.25) is 4.98 Å². The molecule has 0 radical (unpaired) electrons. The van der Waals surface area contributed by atoms with Gasteiger partial charge in [-0.05, 0) is 36.4 Å². The average molecular weight is 472 g/mol. The number of carbonyl (C=O) groups is 1. The number of pyridine rings is 1. The molecule has 34 heavy (non-hydrogen) atoms. The lowest BCUT2D eigenvalue weighted by atomic mass is 10.2. The Morgan fingerprint density at radius 3 is 2.44 bits per heavy atom. The fourth-order valence-electron chi connectivity index (χ4n) is 2.98. The molecule has 2 amide bonds. The zero-order chi connectivity index (χ0) is 24.3. The maximum atomic E-state index is 14.6. The Kier molecular flexibility index (Phi) is 6.13. The first-order chi connectivity index (χ1) is 16.2. The smallest absolute Gasteiger partial charge is 0.416 e. The molecule has 174 valence electrons. The van der Waals surface area contributed by atoms with Crippen LogP contribution in [0.5, 0.6) is 11.5 Å². The Morgan fingerprint density at radius 2 is 1.76 bits per heavy atom. The molecule has 4 aromatic rings. The van der Waals surface area contributed by atoms with Gasteiger partial charge in [-0.25, -0.2) is 18.9 Å². The van der Waals surface area contributed by atoms with Gasteiger partial charge in [0.25, 0.3) is 0 Å². The average Bonchev–Trinajstić information content (AvgIpc) is 3.21. The van der Waals surface area contributed by atoms with Gasteiger partial charge >= 0.3 is 12.2 Å². The van der Waals surface area contributed by atoms with E-state index in [9.17, 15) is 22.4 Å². The van der Waals surface area contributed by atoms with E-state index >= 15 is 0 Å². The van der Waals surface area contributed by atoms with Gasteiger partial charge in [0.2, 0.25) is 0 Å². The summed E-state index contributed by atoms with van der Waals surface area (Å²) in [5, 5.41) is 8.61. The minimum absolute atomic E-state index is 0.0656. The highest BCUT2D eigenvalue weighted by molar-refractivity contribution is 5.99. The van der Waals surface area contributed by atoms with E-state index in [0.717, 1.165) is 18.2 Å². The number of nitrogens with one attached hydrogen (secondary N) is 2. The normalized spacial score (nSPS) is 11.2. The van der Waals surface area contributed by atoms with Gasteiger partial charge < -0.3 is 15.4 Å². The zero-order valence-electron chi connectivity index (χ0n) is 17.5. The van der Waals surface area contributed by atoms with Crippen molar-refractivity contribution in [1.29, 1.82) is 0 Å². The van der Waals surface area contributed by atoms with E-state index in [0.29, 0.717) is 17.3 Å². The van der Waals surface area contributed by atoms with Crippen LogP contribution < -0.4 is 15.4 Å². The Hall–Kier alpha value is -4.48. The van der Waals surface area contributed by atoms with Crippen molar-refractivity contribution in [2.24, 2.45) is 7.05 Å². The summed E-state index contributed by atoms with van der Waals surface area (Å²) in [6.45, 7) is 0. The topological polar surface area (TPSA) is 94.0 Å². The summed E-state index contributed by atoms with van der Waals surface area (Å²) in [5.74, 6) is -0.0833. The molecule has 4 rings (SSSR count). The predicted molar refractivity (Wildman–Crippen MR) is 115 cm³/mol. The van der Waals surface area contributed by atoms with Crippen LogP contribution in [0.4, 0.5) is 33.7 Å². The Labute approximate surface area is 190 Å². The molecule has 8 nitrogen and oxygen atoms in total. The first-order valence-corrected chi connectivity index (χ1v) is 9.72. The number of rotatable bonds is 5. The lowest BCUT2D eigenvalue weighted by Crippen LogP contribution is -2.20. The highest BCUT2D eigenvalue weighted by atomic mass is 19.4. The quantitative estimate of drug-likeness (QED) is 0.376. The molecular weight excluding hydrogens is 456 g/mol. The third-order valence-corrected chi connectivity index (χ3v) is 4.54. The molecule has 2 heterocycles. The van der Waals surface area contributed by atoms with E-state index in [1.807, 2.05) is 0 Å². The van der Waals surface area contributed by atoms with Crippen molar-refractivity contribution in [3.63, 3.8) is 0 Å². The third kappa shape index (κ3) is 5.28. The van der Waals surface area contributed by atoms with Gasteiger partial charge in [-0.15, -0.1) is 0 Å². The van der Waals surface area contributed by atoms with Gasteiger partial charge in [0.15, 0.2) is 17.4 Å². The van der Waals surface area contributed by atoms with Crippen LogP contribution in [-0.2, 0) is 13.2 Å². The van der Waals surface area contributed by atoms with Crippen LogP contribution in [0.1, 0.15) is 5.56 Å². The number of hydrogen-bond donors (Lipinski definition) is 2. The molecule has 0 bridgehead atoms. The van der Waals surface area contributed by atoms with Gasteiger partial charge in [0, 0.05) is 36.8 Å². The van der Waals surface area contributed by atoms with Crippen molar-refractivity contribution in [3.05, 3.63) is 78.5 Å². The number of carbonyl (C=O) groups excluding carboxylic acids is 1. The van der Waals surface area contributed by atoms with Crippen LogP contribution >= 0.6 is 0 Å². The Bertz CT molecular complexity index is 1340. The second-order valence-corrected chi connectivity index (χ2v) is 6.99. The number of ether oxygens (including phenoxy) is 1. The number of amides is 2. The van der Waals surface area contributed by atoms with Crippen molar-refractivity contribution in [3.8, 4) is 23.0 Å². The van der Waals surface area contributed by atoms with Crippen molar-refractivity contribution in [1.82, 2.24) is 19.7 Å². The van der Waals surface area contributed by atoms with E-state index in [1.54, 1.807) is 13.1 Å². The molecule has 0 fully saturated rings. The van der Waals surface area contributed by atoms with Crippen LogP contribution in [0.15, 0.2) is 67.1 Å². The van der Waals surface area contributed by atoms with Crippen LogP contribution in [0.3, 0.4) is 0 Å². The van der Waals surface area contributed by atoms with Gasteiger partial charge in [-0.1, -0.05) is 6.07 Å². The second-order valence-electron chi connectivity index (χ2n) is 6.99. The largest absolute Gasteiger partial charge is 0.454 e. The van der Waals surface area contributed by atoms with E-state index < -0.39 is 23.6 Å². The summed E-state index contributed by atoms with van der Waals surface area (Å²) >= 11 is 0. The first-order valence-electron chi connectivity index (χ1n) is 9.72. The summed E-state index contributed by atoms with van der Waals surface area (Å²) in [6, 6.07) is 10.1. The molecule has 0 aliphatic rings. The molecule has 0 aliphatic heterocycles. The summed E-state index contributed by atoms with van der Waals surface area (Å²) in [7, 11) is 1.70. The lowest BCUT2D eigenvalue weighted by Gasteiger charge is -2.12. The maximum absolute atomic E-state index is 14.6. The number of aryl methyl sites for hydroxylation is 1. The van der Waals surface area contributed by atoms with E-state index in [-0.39, 0.29) is 17.1 Å². The number of benzene rings is 2. The minimum atomic E-state index is -4.54. The molecule has 2 N–H and O–H groups in total. The van der Waals surface area contributed by atoms with Gasteiger partial charge in [0.05, 0.1) is 5.56 Å². The molecule has 0 saturated carbocycles. The molecule has 0 unspecified atom stereocenters. The van der Waals surface area contributed by atoms with Crippen molar-refractivity contribution < 1.29 is 27.1 Å². The van der Waals surface area contributed by atoms with Crippen LogP contribution in [0, 0.1) is 5.82 Å². The summed E-state index contributed by atoms with van der Waals surface area (Å²) in [5.41, 5.74) is -0.424. The summed E-state index contributed by atoms with van der Waals surface area (Å²) < 4.78 is 60.1. The SMILES string of the molecule is Cn1ncnc1-c1cc(Oc2ccc(NC(=O)Nc3cccc(C(F)(F)F)c3)cc2F)ccn1. The first kappa shape index (κ1) is 22.7. The standard InChI is InChI=1S/C22H16F4N6O2/c1-32-20(28-12-29-32)18-11-16(7-8-27-18)34-19-6-5-15(10-17(19)23)31-21(33)30-14-4-2-3-13(9-14)22(24,25)26/h2-12H,1H3,(H2,30,31,33). The summed E-state index contributed by atoms with van der Waals surface area (Å²) in [6.07, 6.45) is -1.69. The van der Waals surface area contributed by atoms with E-state index in [2.05, 4.69) is 25.7 Å². The molecule has 0 atom stereocenters. The Balaban J connectivity index is 1.43. The number of anilines is 2. The molecule has 0 saturated heterocycles. The highest BCUT2D eigenvalue weighted by Crippen LogP contribution is 2.31. The van der Waals surface area contributed by atoms with Gasteiger partial charge in [-0.2, -0.15) is 18.3 Å². The number of nitrogens with zero attached hydrogens (tertiary/aromatic N) is 4. The molecule has 2 aromatic carbocycles. The molecule has 0 aliphatic carbocycles. The number of alkyl halides is 3.